The van der Waals surface area contributed by atoms with E-state index in [0.29, 0.717) is 10.5 Å². The average Bonchev–Trinajstić information content (AvgIpc) is 1.89. The number of aryl methyl sites for hydroxylation is 1. The molecule has 0 spiro atoms. The molecule has 0 radical (unpaired) electrons. The molecule has 0 atom stereocenters. The standard InChI is InChI=1S/C7H9FN/c1-2-7-5-3-4-6-9(7)8/h3-6H,2H2,1H3/q+1. The number of aromatic nitrogens is 1. The van der Waals surface area contributed by atoms with E-state index in [9.17, 15) is 4.48 Å². The van der Waals surface area contributed by atoms with Gasteiger partial charge < -0.3 is 0 Å². The van der Waals surface area contributed by atoms with E-state index in [-0.39, 0.29) is 0 Å². The molecule has 0 N–H and O–H groups in total. The van der Waals surface area contributed by atoms with E-state index in [0.717, 1.165) is 6.42 Å². The van der Waals surface area contributed by atoms with Crippen molar-refractivity contribution in [1.82, 2.24) is 0 Å². The van der Waals surface area contributed by atoms with Crippen LogP contribution in [0, 0.1) is 0 Å². The van der Waals surface area contributed by atoms with Gasteiger partial charge in [0.1, 0.15) is 0 Å². The minimum atomic E-state index is 0.639. The molecule has 1 aromatic heterocycles. The van der Waals surface area contributed by atoms with Crippen LogP contribution in [0.5, 0.6) is 0 Å². The Morgan fingerprint density at radius 1 is 1.56 bits per heavy atom. The summed E-state index contributed by atoms with van der Waals surface area (Å²) in [5.74, 6) is 0. The fourth-order valence-electron chi connectivity index (χ4n) is 0.728. The van der Waals surface area contributed by atoms with Gasteiger partial charge in [0, 0.05) is 23.3 Å². The molecule has 1 nitrogen and oxygen atoms in total. The Bertz CT molecular complexity index is 198. The Kier molecular flexibility index (Phi) is 1.78. The van der Waals surface area contributed by atoms with E-state index in [1.807, 2.05) is 13.0 Å². The molecular formula is C7H9FN+. The van der Waals surface area contributed by atoms with Crippen molar-refractivity contribution in [1.29, 1.82) is 0 Å². The number of hydrogen-bond acceptors (Lipinski definition) is 0. The third kappa shape index (κ3) is 1.25. The summed E-state index contributed by atoms with van der Waals surface area (Å²) >= 11 is 0. The Labute approximate surface area is 53.7 Å². The summed E-state index contributed by atoms with van der Waals surface area (Å²) in [5, 5.41) is 0. The molecule has 0 bridgehead atoms. The molecule has 0 aliphatic heterocycles. The molecule has 0 aliphatic carbocycles. The summed E-state index contributed by atoms with van der Waals surface area (Å²) in [5.41, 5.74) is 0.706. The molecule has 48 valence electrons. The van der Waals surface area contributed by atoms with Crippen LogP contribution in [0.1, 0.15) is 12.6 Å². The van der Waals surface area contributed by atoms with Gasteiger partial charge in [0.25, 0.3) is 0 Å². The van der Waals surface area contributed by atoms with Crippen LogP contribution in [0.3, 0.4) is 0 Å². The van der Waals surface area contributed by atoms with Crippen LogP contribution in [0.15, 0.2) is 24.4 Å². The first-order valence-electron chi connectivity index (χ1n) is 3.00. The maximum atomic E-state index is 12.5. The molecule has 1 aromatic rings. The molecule has 9 heavy (non-hydrogen) atoms. The lowest BCUT2D eigenvalue weighted by molar-refractivity contribution is -0.849. The zero-order valence-corrected chi connectivity index (χ0v) is 5.34. The highest BCUT2D eigenvalue weighted by atomic mass is 19.2. The van der Waals surface area contributed by atoms with Gasteiger partial charge in [-0.15, -0.1) is 0 Å². The van der Waals surface area contributed by atoms with Crippen molar-refractivity contribution >= 4 is 0 Å². The maximum Gasteiger partial charge on any atom is 0.230 e. The highest BCUT2D eigenvalue weighted by molar-refractivity contribution is 4.95. The van der Waals surface area contributed by atoms with Gasteiger partial charge in [-0.3, -0.25) is 0 Å². The minimum absolute atomic E-state index is 0.639. The highest BCUT2D eigenvalue weighted by Crippen LogP contribution is 1.90. The number of rotatable bonds is 1. The van der Waals surface area contributed by atoms with E-state index in [1.54, 1.807) is 12.1 Å². The minimum Gasteiger partial charge on any atom is -0.0553 e. The molecule has 1 rings (SSSR count). The van der Waals surface area contributed by atoms with Crippen molar-refractivity contribution in [3.63, 3.8) is 0 Å². The number of hydrogen-bond donors (Lipinski definition) is 0. The molecule has 0 amide bonds. The first kappa shape index (κ1) is 6.20. The second-order valence-corrected chi connectivity index (χ2v) is 1.86. The number of nitrogens with zero attached hydrogens (tertiary/aromatic N) is 1. The topological polar surface area (TPSA) is 3.88 Å². The highest BCUT2D eigenvalue weighted by Gasteiger charge is 2.03. The zero-order valence-electron chi connectivity index (χ0n) is 5.34. The van der Waals surface area contributed by atoms with Gasteiger partial charge in [-0.1, -0.05) is 6.92 Å². The lowest BCUT2D eigenvalue weighted by Gasteiger charge is -1.84. The van der Waals surface area contributed by atoms with Gasteiger partial charge in [0.15, 0.2) is 0 Å². The number of pyridine rings is 1. The van der Waals surface area contributed by atoms with E-state index in [2.05, 4.69) is 0 Å². The van der Waals surface area contributed by atoms with Crippen molar-refractivity contribution in [2.75, 3.05) is 0 Å². The summed E-state index contributed by atoms with van der Waals surface area (Å²) in [6.45, 7) is 1.92. The van der Waals surface area contributed by atoms with Crippen LogP contribution in [0.25, 0.3) is 0 Å². The summed E-state index contributed by atoms with van der Waals surface area (Å²) in [4.78, 5) is 0.639. The van der Waals surface area contributed by atoms with E-state index < -0.39 is 0 Å². The van der Waals surface area contributed by atoms with E-state index in [1.165, 1.54) is 6.20 Å². The summed E-state index contributed by atoms with van der Waals surface area (Å²) in [6, 6.07) is 5.26. The predicted octanol–water partition coefficient (Wildman–Crippen LogP) is 1.27. The van der Waals surface area contributed by atoms with Gasteiger partial charge in [0.05, 0.1) is 4.48 Å². The Hall–Kier alpha value is -0.920. The summed E-state index contributed by atoms with van der Waals surface area (Å²) in [7, 11) is 0. The molecule has 1 heterocycles. The van der Waals surface area contributed by atoms with E-state index in [4.69, 9.17) is 0 Å². The molecular weight excluding hydrogens is 117 g/mol. The molecule has 0 unspecified atom stereocenters. The normalized spacial score (nSPS) is 9.56. The van der Waals surface area contributed by atoms with Gasteiger partial charge in [-0.2, -0.15) is 0 Å². The van der Waals surface area contributed by atoms with Crippen LogP contribution >= 0.6 is 0 Å². The Balaban J connectivity index is 3.01. The van der Waals surface area contributed by atoms with Gasteiger partial charge in [-0.05, 0) is 6.07 Å². The first-order valence-corrected chi connectivity index (χ1v) is 3.00. The van der Waals surface area contributed by atoms with Crippen LogP contribution in [0.4, 0.5) is 4.48 Å². The van der Waals surface area contributed by atoms with Crippen LogP contribution in [-0.2, 0) is 6.42 Å². The lowest BCUT2D eigenvalue weighted by Crippen LogP contribution is -2.26. The van der Waals surface area contributed by atoms with E-state index >= 15 is 0 Å². The third-order valence-electron chi connectivity index (χ3n) is 1.25. The van der Waals surface area contributed by atoms with Crippen LogP contribution < -0.4 is 4.79 Å². The molecule has 0 saturated heterocycles. The van der Waals surface area contributed by atoms with Gasteiger partial charge >= 0.3 is 0 Å². The lowest BCUT2D eigenvalue weighted by atomic mass is 10.3. The quantitative estimate of drug-likeness (QED) is 0.533. The Morgan fingerprint density at radius 3 is 2.78 bits per heavy atom. The second-order valence-electron chi connectivity index (χ2n) is 1.86. The zero-order chi connectivity index (χ0) is 6.69. The smallest absolute Gasteiger partial charge is 0.0553 e. The predicted molar refractivity (Wildman–Crippen MR) is 32.5 cm³/mol. The van der Waals surface area contributed by atoms with Crippen molar-refractivity contribution in [2.45, 2.75) is 13.3 Å². The molecule has 2 heteroatoms. The van der Waals surface area contributed by atoms with Crippen molar-refractivity contribution in [3.8, 4) is 0 Å². The van der Waals surface area contributed by atoms with Crippen molar-refractivity contribution in [3.05, 3.63) is 30.1 Å². The first-order chi connectivity index (χ1) is 4.34. The molecule has 0 fully saturated rings. The number of halogens is 1. The largest absolute Gasteiger partial charge is 0.230 e. The fourth-order valence-corrected chi connectivity index (χ4v) is 0.728. The van der Waals surface area contributed by atoms with Crippen molar-refractivity contribution < 1.29 is 9.27 Å². The molecule has 0 aliphatic rings. The summed E-state index contributed by atoms with van der Waals surface area (Å²) < 4.78 is 12.5. The molecule has 0 aromatic carbocycles. The second kappa shape index (κ2) is 2.58. The average molecular weight is 126 g/mol. The van der Waals surface area contributed by atoms with Gasteiger partial charge in [-0.25, -0.2) is 0 Å². The maximum absolute atomic E-state index is 12.5. The van der Waals surface area contributed by atoms with Crippen LogP contribution in [0.2, 0.25) is 0 Å². The Morgan fingerprint density at radius 2 is 2.33 bits per heavy atom. The SMILES string of the molecule is CCc1cccc[n+]1F. The molecule has 0 saturated carbocycles. The monoisotopic (exact) mass is 126 g/mol. The van der Waals surface area contributed by atoms with Crippen molar-refractivity contribution in [2.24, 2.45) is 0 Å². The van der Waals surface area contributed by atoms with Gasteiger partial charge in [0.2, 0.25) is 11.9 Å². The fraction of sp³-hybridized carbons (Fsp3) is 0.286. The summed E-state index contributed by atoms with van der Waals surface area (Å²) in [6.07, 6.45) is 2.14. The third-order valence-corrected chi connectivity index (χ3v) is 1.25. The van der Waals surface area contributed by atoms with Crippen LogP contribution in [-0.4, -0.2) is 0 Å².